The van der Waals surface area contributed by atoms with Crippen molar-refractivity contribution in [3.05, 3.63) is 40.1 Å². The Bertz CT molecular complexity index is 815. The van der Waals surface area contributed by atoms with Crippen LogP contribution in [0, 0.1) is 0 Å². The summed E-state index contributed by atoms with van der Waals surface area (Å²) in [7, 11) is 3.04. The molecule has 1 amide bonds. The lowest BCUT2D eigenvalue weighted by molar-refractivity contribution is 0.102. The number of rotatable bonds is 6. The monoisotopic (exact) mass is 410 g/mol. The number of amides is 1. The Morgan fingerprint density at radius 2 is 1.74 bits per heavy atom. The average molecular weight is 411 g/mol. The molecule has 0 saturated heterocycles. The largest absolute Gasteiger partial charge is 0.497 e. The van der Waals surface area contributed by atoms with Crippen molar-refractivity contribution in [1.29, 1.82) is 0 Å². The summed E-state index contributed by atoms with van der Waals surface area (Å²) in [6.45, 7) is 0. The van der Waals surface area contributed by atoms with Crippen LogP contribution in [0.5, 0.6) is 17.2 Å². The molecule has 0 aliphatic heterocycles. The SMILES string of the molecule is COc1cc(Cl)c(NC(=O)c2cc(OC3CCCC3)c(OC)cn2)c(Cl)c1. The summed E-state index contributed by atoms with van der Waals surface area (Å²) in [5, 5.41) is 3.22. The van der Waals surface area contributed by atoms with E-state index in [1.807, 2.05) is 0 Å². The lowest BCUT2D eigenvalue weighted by Gasteiger charge is -2.16. The predicted molar refractivity (Wildman–Crippen MR) is 105 cm³/mol. The van der Waals surface area contributed by atoms with Gasteiger partial charge in [-0.2, -0.15) is 0 Å². The topological polar surface area (TPSA) is 69.7 Å². The van der Waals surface area contributed by atoms with Crippen LogP contribution in [0.3, 0.4) is 0 Å². The fourth-order valence-corrected chi connectivity index (χ4v) is 3.51. The Morgan fingerprint density at radius 1 is 1.07 bits per heavy atom. The van der Waals surface area contributed by atoms with Crippen molar-refractivity contribution in [2.45, 2.75) is 31.8 Å². The summed E-state index contributed by atoms with van der Waals surface area (Å²) >= 11 is 12.4. The molecule has 1 aromatic heterocycles. The first-order chi connectivity index (χ1) is 13.0. The molecule has 0 bridgehead atoms. The first-order valence-corrected chi connectivity index (χ1v) is 9.32. The van der Waals surface area contributed by atoms with E-state index in [4.69, 9.17) is 37.4 Å². The maximum Gasteiger partial charge on any atom is 0.274 e. The van der Waals surface area contributed by atoms with E-state index in [-0.39, 0.29) is 21.8 Å². The Hall–Kier alpha value is -2.18. The number of nitrogens with zero attached hydrogens (tertiary/aromatic N) is 1. The predicted octanol–water partition coefficient (Wildman–Crippen LogP) is 4.98. The van der Waals surface area contributed by atoms with Crippen molar-refractivity contribution in [3.8, 4) is 17.2 Å². The van der Waals surface area contributed by atoms with Crippen LogP contribution >= 0.6 is 23.2 Å². The van der Waals surface area contributed by atoms with Gasteiger partial charge in [0.15, 0.2) is 11.5 Å². The fraction of sp³-hybridized carbons (Fsp3) is 0.368. The number of halogens is 2. The zero-order valence-electron chi connectivity index (χ0n) is 15.1. The molecule has 0 spiro atoms. The summed E-state index contributed by atoms with van der Waals surface area (Å²) in [5.41, 5.74) is 0.465. The number of benzene rings is 1. The molecule has 1 saturated carbocycles. The molecular weight excluding hydrogens is 391 g/mol. The van der Waals surface area contributed by atoms with Gasteiger partial charge in [0.1, 0.15) is 11.4 Å². The molecule has 1 aliphatic rings. The highest BCUT2D eigenvalue weighted by Crippen LogP contribution is 2.36. The van der Waals surface area contributed by atoms with E-state index in [9.17, 15) is 4.79 Å². The molecule has 0 atom stereocenters. The minimum absolute atomic E-state index is 0.127. The molecule has 1 aliphatic carbocycles. The van der Waals surface area contributed by atoms with Crippen LogP contribution in [0.2, 0.25) is 10.0 Å². The summed E-state index contributed by atoms with van der Waals surface area (Å²) in [6.07, 6.45) is 5.85. The van der Waals surface area contributed by atoms with Crippen molar-refractivity contribution < 1.29 is 19.0 Å². The Kier molecular flexibility index (Phi) is 6.29. The average Bonchev–Trinajstić information content (AvgIpc) is 3.17. The van der Waals surface area contributed by atoms with E-state index in [1.165, 1.54) is 20.4 Å². The van der Waals surface area contributed by atoms with Gasteiger partial charge in [-0.05, 0) is 25.7 Å². The minimum atomic E-state index is -0.456. The van der Waals surface area contributed by atoms with Crippen LogP contribution in [0.1, 0.15) is 36.2 Å². The second-order valence-corrected chi connectivity index (χ2v) is 6.98. The number of aromatic nitrogens is 1. The number of anilines is 1. The van der Waals surface area contributed by atoms with E-state index < -0.39 is 5.91 Å². The van der Waals surface area contributed by atoms with Crippen LogP contribution < -0.4 is 19.5 Å². The number of methoxy groups -OCH3 is 2. The van der Waals surface area contributed by atoms with E-state index in [0.717, 1.165) is 25.7 Å². The third kappa shape index (κ3) is 4.57. The Morgan fingerprint density at radius 3 is 2.33 bits per heavy atom. The van der Waals surface area contributed by atoms with E-state index >= 15 is 0 Å². The van der Waals surface area contributed by atoms with Gasteiger partial charge < -0.3 is 19.5 Å². The standard InChI is InChI=1S/C19H20Cl2N2O4/c1-25-12-7-13(20)18(14(21)8-12)23-19(24)15-9-16(17(26-2)10-22-15)27-11-5-3-4-6-11/h7-11H,3-6H2,1-2H3,(H,23,24). The van der Waals surface area contributed by atoms with Gasteiger partial charge in [-0.15, -0.1) is 0 Å². The number of nitrogens with one attached hydrogen (secondary N) is 1. The third-order valence-corrected chi connectivity index (χ3v) is 4.97. The van der Waals surface area contributed by atoms with Gasteiger partial charge >= 0.3 is 0 Å². The normalized spacial score (nSPS) is 14.1. The quantitative estimate of drug-likeness (QED) is 0.726. The third-order valence-electron chi connectivity index (χ3n) is 4.37. The van der Waals surface area contributed by atoms with Gasteiger partial charge in [0, 0.05) is 18.2 Å². The van der Waals surface area contributed by atoms with Crippen LogP contribution in [0.15, 0.2) is 24.4 Å². The second kappa shape index (κ2) is 8.67. The second-order valence-electron chi connectivity index (χ2n) is 6.16. The van der Waals surface area contributed by atoms with Crippen molar-refractivity contribution >= 4 is 34.8 Å². The fourth-order valence-electron chi connectivity index (χ4n) is 2.94. The van der Waals surface area contributed by atoms with Crippen LogP contribution in [-0.4, -0.2) is 31.2 Å². The lowest BCUT2D eigenvalue weighted by atomic mass is 10.2. The van der Waals surface area contributed by atoms with Crippen molar-refractivity contribution in [1.82, 2.24) is 4.98 Å². The highest BCUT2D eigenvalue weighted by molar-refractivity contribution is 6.40. The molecule has 0 radical (unpaired) electrons. The first-order valence-electron chi connectivity index (χ1n) is 8.57. The number of carbonyl (C=O) groups is 1. The highest BCUT2D eigenvalue weighted by atomic mass is 35.5. The molecule has 144 valence electrons. The molecule has 1 N–H and O–H groups in total. The van der Waals surface area contributed by atoms with Gasteiger partial charge in [-0.3, -0.25) is 4.79 Å². The lowest BCUT2D eigenvalue weighted by Crippen LogP contribution is -2.16. The minimum Gasteiger partial charge on any atom is -0.497 e. The van der Waals surface area contributed by atoms with Crippen LogP contribution in [-0.2, 0) is 0 Å². The summed E-state index contributed by atoms with van der Waals surface area (Å²) in [6, 6.07) is 4.70. The smallest absolute Gasteiger partial charge is 0.274 e. The zero-order chi connectivity index (χ0) is 19.4. The number of pyridine rings is 1. The van der Waals surface area contributed by atoms with Crippen molar-refractivity contribution in [3.63, 3.8) is 0 Å². The van der Waals surface area contributed by atoms with Gasteiger partial charge in [0.05, 0.1) is 42.3 Å². The summed E-state index contributed by atoms with van der Waals surface area (Å²) in [5.74, 6) is 1.02. The van der Waals surface area contributed by atoms with Gasteiger partial charge in [0.25, 0.3) is 5.91 Å². The van der Waals surface area contributed by atoms with Crippen LogP contribution in [0.4, 0.5) is 5.69 Å². The number of hydrogen-bond donors (Lipinski definition) is 1. The first kappa shape index (κ1) is 19.6. The van der Waals surface area contributed by atoms with Crippen molar-refractivity contribution in [2.75, 3.05) is 19.5 Å². The van der Waals surface area contributed by atoms with Crippen LogP contribution in [0.25, 0.3) is 0 Å². The molecule has 8 heteroatoms. The van der Waals surface area contributed by atoms with Crippen molar-refractivity contribution in [2.24, 2.45) is 0 Å². The van der Waals surface area contributed by atoms with E-state index in [1.54, 1.807) is 18.2 Å². The maximum atomic E-state index is 12.6. The molecule has 1 heterocycles. The molecule has 0 unspecified atom stereocenters. The zero-order valence-corrected chi connectivity index (χ0v) is 16.6. The number of ether oxygens (including phenoxy) is 3. The molecule has 27 heavy (non-hydrogen) atoms. The van der Waals surface area contributed by atoms with Gasteiger partial charge in [-0.25, -0.2) is 4.98 Å². The van der Waals surface area contributed by atoms with Gasteiger partial charge in [-0.1, -0.05) is 23.2 Å². The number of hydrogen-bond acceptors (Lipinski definition) is 5. The number of carbonyl (C=O) groups excluding carboxylic acids is 1. The molecule has 2 aromatic rings. The summed E-state index contributed by atoms with van der Waals surface area (Å²) in [4.78, 5) is 16.8. The van der Waals surface area contributed by atoms with Gasteiger partial charge in [0.2, 0.25) is 0 Å². The maximum absolute atomic E-state index is 12.6. The van der Waals surface area contributed by atoms with E-state index in [2.05, 4.69) is 10.3 Å². The van der Waals surface area contributed by atoms with E-state index in [0.29, 0.717) is 22.9 Å². The highest BCUT2D eigenvalue weighted by Gasteiger charge is 2.21. The molecule has 1 fully saturated rings. The Balaban J connectivity index is 1.82. The molecule has 3 rings (SSSR count). The molecule has 6 nitrogen and oxygen atoms in total. The molecule has 1 aromatic carbocycles. The Labute approximate surface area is 167 Å². The molecular formula is C19H20Cl2N2O4. The summed E-state index contributed by atoms with van der Waals surface area (Å²) < 4.78 is 16.4.